The Morgan fingerprint density at radius 3 is 2.55 bits per heavy atom. The second-order valence-electron chi connectivity index (χ2n) is 7.98. The number of amides is 3. The summed E-state index contributed by atoms with van der Waals surface area (Å²) in [5, 5.41) is 5.23. The van der Waals surface area contributed by atoms with Gasteiger partial charge in [-0.3, -0.25) is 10.1 Å². The molecule has 1 saturated carbocycles. The summed E-state index contributed by atoms with van der Waals surface area (Å²) in [6, 6.07) is 7.01. The van der Waals surface area contributed by atoms with Gasteiger partial charge in [0.05, 0.1) is 12.6 Å². The number of nitrogens with one attached hydrogen (secondary N) is 2. The van der Waals surface area contributed by atoms with Crippen molar-refractivity contribution >= 4 is 11.9 Å². The van der Waals surface area contributed by atoms with E-state index in [1.807, 2.05) is 54.4 Å². The van der Waals surface area contributed by atoms with Crippen LogP contribution < -0.4 is 15.4 Å². The molecule has 0 bridgehead atoms. The van der Waals surface area contributed by atoms with E-state index in [0.717, 1.165) is 29.9 Å². The van der Waals surface area contributed by atoms with Crippen LogP contribution in [0.2, 0.25) is 0 Å². The Kier molecular flexibility index (Phi) is 5.18. The van der Waals surface area contributed by atoms with E-state index in [2.05, 4.69) is 17.2 Å². The molecule has 152 valence electrons. The maximum atomic E-state index is 12.9. The summed E-state index contributed by atoms with van der Waals surface area (Å²) in [6.07, 6.45) is 11.9. The summed E-state index contributed by atoms with van der Waals surface area (Å²) >= 11 is 0. The summed E-state index contributed by atoms with van der Waals surface area (Å²) in [5.41, 5.74) is 1.35. The molecule has 1 saturated heterocycles. The fraction of sp³-hybridized carbons (Fsp3) is 0.391. The lowest BCUT2D eigenvalue weighted by Gasteiger charge is -2.35. The molecule has 6 nitrogen and oxygen atoms in total. The van der Waals surface area contributed by atoms with Crippen LogP contribution in [0, 0.1) is 0 Å². The first-order chi connectivity index (χ1) is 14.0. The molecule has 0 radical (unpaired) electrons. The second-order valence-corrected chi connectivity index (χ2v) is 7.98. The number of ether oxygens (including phenoxy) is 1. The van der Waals surface area contributed by atoms with Crippen LogP contribution in [-0.2, 0) is 10.3 Å². The normalized spacial score (nSPS) is 24.9. The molecule has 3 amide bonds. The molecule has 29 heavy (non-hydrogen) atoms. The van der Waals surface area contributed by atoms with Crippen molar-refractivity contribution in [2.75, 3.05) is 6.54 Å². The van der Waals surface area contributed by atoms with Gasteiger partial charge in [-0.2, -0.15) is 0 Å². The van der Waals surface area contributed by atoms with Crippen LogP contribution in [0.15, 0.2) is 60.5 Å². The van der Waals surface area contributed by atoms with E-state index in [4.69, 9.17) is 4.74 Å². The van der Waals surface area contributed by atoms with Crippen LogP contribution in [0.25, 0.3) is 0 Å². The Morgan fingerprint density at radius 2 is 1.90 bits per heavy atom. The SMILES string of the molecule is C=C1C(C)=CC=CN1CC1(c2ccc(OC3CCCCC3)cc2)NC(=O)NC1=O. The van der Waals surface area contributed by atoms with Crippen LogP contribution in [0.5, 0.6) is 5.75 Å². The zero-order valence-corrected chi connectivity index (χ0v) is 16.7. The molecule has 2 N–H and O–H groups in total. The number of allylic oxidation sites excluding steroid dienone is 3. The quantitative estimate of drug-likeness (QED) is 0.748. The van der Waals surface area contributed by atoms with Crippen molar-refractivity contribution < 1.29 is 14.3 Å². The third kappa shape index (κ3) is 3.79. The number of benzene rings is 1. The van der Waals surface area contributed by atoms with Crippen LogP contribution in [0.4, 0.5) is 4.79 Å². The second kappa shape index (κ2) is 7.78. The van der Waals surface area contributed by atoms with Crippen molar-refractivity contribution in [1.82, 2.24) is 15.5 Å². The number of rotatable bonds is 5. The van der Waals surface area contributed by atoms with Crippen LogP contribution in [0.1, 0.15) is 44.6 Å². The van der Waals surface area contributed by atoms with E-state index in [1.165, 1.54) is 19.3 Å². The highest BCUT2D eigenvalue weighted by Gasteiger charge is 2.49. The predicted octanol–water partition coefficient (Wildman–Crippen LogP) is 3.72. The first-order valence-electron chi connectivity index (χ1n) is 10.2. The zero-order valence-electron chi connectivity index (χ0n) is 16.7. The Bertz CT molecular complexity index is 881. The third-order valence-corrected chi connectivity index (χ3v) is 5.97. The van der Waals surface area contributed by atoms with Crippen molar-refractivity contribution in [3.05, 3.63) is 66.0 Å². The Hall–Kier alpha value is -3.02. The maximum Gasteiger partial charge on any atom is 0.322 e. The standard InChI is InChI=1S/C23H27N3O3/c1-16-7-6-14-26(17(16)2)15-23(21(27)24-22(28)25-23)18-10-12-20(13-11-18)29-19-8-4-3-5-9-19/h6-7,10-14,19H,2-5,8-9,15H2,1H3,(H2,24,25,27,28). The van der Waals surface area contributed by atoms with Gasteiger partial charge in [0.15, 0.2) is 5.54 Å². The number of carbonyl (C=O) groups excluding carboxylic acids is 2. The lowest BCUT2D eigenvalue weighted by Crippen LogP contribution is -2.51. The van der Waals surface area contributed by atoms with Crippen LogP contribution >= 0.6 is 0 Å². The molecule has 1 unspecified atom stereocenters. The third-order valence-electron chi connectivity index (χ3n) is 5.97. The number of imide groups is 1. The first kappa shape index (κ1) is 19.3. The van der Waals surface area contributed by atoms with E-state index < -0.39 is 11.6 Å². The van der Waals surface area contributed by atoms with Gasteiger partial charge >= 0.3 is 6.03 Å². The minimum atomic E-state index is -1.19. The predicted molar refractivity (Wildman–Crippen MR) is 111 cm³/mol. The van der Waals surface area contributed by atoms with Crippen molar-refractivity contribution in [2.24, 2.45) is 0 Å². The van der Waals surface area contributed by atoms with Gasteiger partial charge in [-0.1, -0.05) is 31.2 Å². The molecule has 4 rings (SSSR count). The summed E-state index contributed by atoms with van der Waals surface area (Å²) < 4.78 is 6.10. The summed E-state index contributed by atoms with van der Waals surface area (Å²) in [7, 11) is 0. The number of hydrogen-bond acceptors (Lipinski definition) is 4. The first-order valence-corrected chi connectivity index (χ1v) is 10.2. The van der Waals surface area contributed by atoms with E-state index in [1.54, 1.807) is 0 Å². The highest BCUT2D eigenvalue weighted by molar-refractivity contribution is 6.07. The number of carbonyl (C=O) groups is 2. The monoisotopic (exact) mass is 393 g/mol. The van der Waals surface area contributed by atoms with Crippen molar-refractivity contribution in [2.45, 2.75) is 50.7 Å². The summed E-state index contributed by atoms with van der Waals surface area (Å²) in [4.78, 5) is 26.8. The highest BCUT2D eigenvalue weighted by Crippen LogP contribution is 2.32. The highest BCUT2D eigenvalue weighted by atomic mass is 16.5. The van der Waals surface area contributed by atoms with Gasteiger partial charge in [0.1, 0.15) is 5.75 Å². The average molecular weight is 393 g/mol. The minimum absolute atomic E-state index is 0.258. The molecule has 1 aliphatic carbocycles. The minimum Gasteiger partial charge on any atom is -0.490 e. The fourth-order valence-electron chi connectivity index (χ4n) is 4.20. The van der Waals surface area contributed by atoms with Crippen LogP contribution in [0.3, 0.4) is 0 Å². The number of nitrogens with zero attached hydrogens (tertiary/aromatic N) is 1. The zero-order chi connectivity index (χ0) is 20.4. The van der Waals surface area contributed by atoms with Gasteiger partial charge in [-0.15, -0.1) is 0 Å². The molecule has 2 heterocycles. The topological polar surface area (TPSA) is 70.7 Å². The van der Waals surface area contributed by atoms with E-state index in [9.17, 15) is 9.59 Å². The van der Waals surface area contributed by atoms with Gasteiger partial charge in [0.2, 0.25) is 0 Å². The lowest BCUT2D eigenvalue weighted by atomic mass is 9.88. The van der Waals surface area contributed by atoms with Gasteiger partial charge in [0.25, 0.3) is 5.91 Å². The van der Waals surface area contributed by atoms with Crippen molar-refractivity contribution in [3.8, 4) is 5.75 Å². The average Bonchev–Trinajstić information content (AvgIpc) is 3.01. The van der Waals surface area contributed by atoms with E-state index in [0.29, 0.717) is 5.56 Å². The lowest BCUT2D eigenvalue weighted by molar-refractivity contribution is -0.124. The molecular formula is C23H27N3O3. The Morgan fingerprint density at radius 1 is 1.17 bits per heavy atom. The largest absolute Gasteiger partial charge is 0.490 e. The molecule has 0 spiro atoms. The maximum absolute atomic E-state index is 12.9. The molecule has 1 atom stereocenters. The number of urea groups is 1. The van der Waals surface area contributed by atoms with Crippen molar-refractivity contribution in [1.29, 1.82) is 0 Å². The Balaban J connectivity index is 1.58. The number of hydrogen-bond donors (Lipinski definition) is 2. The summed E-state index contributed by atoms with van der Waals surface area (Å²) in [6.45, 7) is 6.33. The summed E-state index contributed by atoms with van der Waals surface area (Å²) in [5.74, 6) is 0.429. The van der Waals surface area contributed by atoms with Gasteiger partial charge < -0.3 is 15.0 Å². The molecule has 2 aliphatic heterocycles. The molecule has 1 aromatic carbocycles. The van der Waals surface area contributed by atoms with E-state index in [-0.39, 0.29) is 18.6 Å². The molecule has 0 aromatic heterocycles. The van der Waals surface area contributed by atoms with Gasteiger partial charge in [0, 0.05) is 11.9 Å². The van der Waals surface area contributed by atoms with Crippen molar-refractivity contribution in [3.63, 3.8) is 0 Å². The van der Waals surface area contributed by atoms with Gasteiger partial charge in [-0.25, -0.2) is 4.79 Å². The molecule has 2 fully saturated rings. The van der Waals surface area contributed by atoms with Crippen LogP contribution in [-0.4, -0.2) is 29.5 Å². The molecular weight excluding hydrogens is 366 g/mol. The van der Waals surface area contributed by atoms with E-state index >= 15 is 0 Å². The smallest absolute Gasteiger partial charge is 0.322 e. The molecule has 6 heteroatoms. The van der Waals surface area contributed by atoms with Gasteiger partial charge in [-0.05, 0) is 62.0 Å². The fourth-order valence-corrected chi connectivity index (χ4v) is 4.20. The molecule has 1 aromatic rings. The Labute approximate surface area is 171 Å². The molecule has 3 aliphatic rings.